The number of carbonyl (C=O) groups excluding carboxylic acids is 2. The van der Waals surface area contributed by atoms with E-state index in [-0.39, 0.29) is 5.91 Å². The van der Waals surface area contributed by atoms with Crippen LogP contribution in [0.15, 0.2) is 48.5 Å². The standard InChI is InChI=1S/C19H21IN2O3/c1-13(2)10-11-25-15-7-5-6-14(12-15)18(23)21-22-19(24)16-8-3-4-9-17(16)20/h3-9,12-13H,10-11H2,1-2H3,(H,21,23)(H,22,24). The molecule has 0 unspecified atom stereocenters. The first-order valence-electron chi connectivity index (χ1n) is 8.05. The van der Waals surface area contributed by atoms with Crippen molar-refractivity contribution >= 4 is 34.4 Å². The van der Waals surface area contributed by atoms with Crippen LogP contribution < -0.4 is 15.6 Å². The highest BCUT2D eigenvalue weighted by Crippen LogP contribution is 2.14. The summed E-state index contributed by atoms with van der Waals surface area (Å²) in [7, 11) is 0. The van der Waals surface area contributed by atoms with Crippen molar-refractivity contribution in [3.05, 3.63) is 63.2 Å². The molecule has 0 bridgehead atoms. The van der Waals surface area contributed by atoms with Gasteiger partial charge in [-0.25, -0.2) is 0 Å². The van der Waals surface area contributed by atoms with E-state index in [4.69, 9.17) is 4.74 Å². The molecule has 25 heavy (non-hydrogen) atoms. The van der Waals surface area contributed by atoms with Gasteiger partial charge < -0.3 is 4.74 Å². The lowest BCUT2D eigenvalue weighted by atomic mass is 10.1. The van der Waals surface area contributed by atoms with Gasteiger partial charge in [0.15, 0.2) is 0 Å². The Morgan fingerprint density at radius 3 is 2.48 bits per heavy atom. The molecule has 0 atom stereocenters. The van der Waals surface area contributed by atoms with E-state index in [0.29, 0.717) is 29.4 Å². The number of benzene rings is 2. The Balaban J connectivity index is 1.92. The summed E-state index contributed by atoms with van der Waals surface area (Å²) in [6.45, 7) is 4.86. The Labute approximate surface area is 161 Å². The Morgan fingerprint density at radius 2 is 1.76 bits per heavy atom. The van der Waals surface area contributed by atoms with E-state index in [1.54, 1.807) is 30.3 Å². The molecule has 0 fully saturated rings. The number of hydrogen-bond acceptors (Lipinski definition) is 3. The average Bonchev–Trinajstić information content (AvgIpc) is 2.59. The number of halogens is 1. The molecule has 0 saturated heterocycles. The molecule has 0 aliphatic carbocycles. The summed E-state index contributed by atoms with van der Waals surface area (Å²) >= 11 is 2.08. The zero-order chi connectivity index (χ0) is 18.2. The maximum Gasteiger partial charge on any atom is 0.270 e. The van der Waals surface area contributed by atoms with Crippen LogP contribution in [0.5, 0.6) is 5.75 Å². The van der Waals surface area contributed by atoms with Crippen molar-refractivity contribution in [3.8, 4) is 5.75 Å². The number of hydrazine groups is 1. The van der Waals surface area contributed by atoms with Crippen molar-refractivity contribution in [2.24, 2.45) is 5.92 Å². The third-order valence-corrected chi connectivity index (χ3v) is 4.41. The molecule has 0 radical (unpaired) electrons. The second kappa shape index (κ2) is 9.41. The van der Waals surface area contributed by atoms with E-state index >= 15 is 0 Å². The molecule has 2 aromatic rings. The van der Waals surface area contributed by atoms with Gasteiger partial charge in [-0.15, -0.1) is 0 Å². The van der Waals surface area contributed by atoms with E-state index < -0.39 is 5.91 Å². The minimum atomic E-state index is -0.395. The van der Waals surface area contributed by atoms with Crippen LogP contribution in [0.1, 0.15) is 41.0 Å². The molecule has 0 aliphatic heterocycles. The van der Waals surface area contributed by atoms with E-state index in [9.17, 15) is 9.59 Å². The summed E-state index contributed by atoms with van der Waals surface area (Å²) in [6.07, 6.45) is 0.947. The molecule has 0 saturated carbocycles. The van der Waals surface area contributed by atoms with Gasteiger partial charge in [-0.1, -0.05) is 32.0 Å². The van der Waals surface area contributed by atoms with Crippen molar-refractivity contribution in [3.63, 3.8) is 0 Å². The van der Waals surface area contributed by atoms with Crippen LogP contribution in [0.2, 0.25) is 0 Å². The van der Waals surface area contributed by atoms with Gasteiger partial charge >= 0.3 is 0 Å². The minimum absolute atomic E-state index is 0.359. The van der Waals surface area contributed by atoms with E-state index in [0.717, 1.165) is 9.99 Å². The first kappa shape index (κ1) is 19.2. The van der Waals surface area contributed by atoms with Crippen LogP contribution in [-0.4, -0.2) is 18.4 Å². The van der Waals surface area contributed by atoms with E-state index in [1.807, 2.05) is 18.2 Å². The first-order chi connectivity index (χ1) is 12.0. The summed E-state index contributed by atoms with van der Waals surface area (Å²) in [6, 6.07) is 14.0. The Hall–Kier alpha value is -2.09. The highest BCUT2D eigenvalue weighted by Gasteiger charge is 2.12. The summed E-state index contributed by atoms with van der Waals surface area (Å²) in [4.78, 5) is 24.3. The molecule has 2 aromatic carbocycles. The number of hydrogen-bond donors (Lipinski definition) is 2. The number of nitrogens with one attached hydrogen (secondary N) is 2. The Bertz CT molecular complexity index is 747. The van der Waals surface area contributed by atoms with E-state index in [2.05, 4.69) is 47.3 Å². The zero-order valence-corrected chi connectivity index (χ0v) is 16.4. The van der Waals surface area contributed by atoms with Crippen LogP contribution in [0.4, 0.5) is 0 Å². The van der Waals surface area contributed by atoms with Crippen LogP contribution in [0.25, 0.3) is 0 Å². The van der Waals surface area contributed by atoms with Gasteiger partial charge in [0.1, 0.15) is 5.75 Å². The van der Waals surface area contributed by atoms with Crippen LogP contribution in [0.3, 0.4) is 0 Å². The summed E-state index contributed by atoms with van der Waals surface area (Å²) < 4.78 is 6.46. The molecule has 6 heteroatoms. The summed E-state index contributed by atoms with van der Waals surface area (Å²) in [5, 5.41) is 0. The lowest BCUT2D eigenvalue weighted by molar-refractivity contribution is 0.0846. The van der Waals surface area contributed by atoms with Gasteiger partial charge in [0, 0.05) is 9.13 Å². The van der Waals surface area contributed by atoms with Crippen LogP contribution in [0, 0.1) is 9.49 Å². The zero-order valence-electron chi connectivity index (χ0n) is 14.2. The Kier molecular flexibility index (Phi) is 7.24. The molecule has 0 aromatic heterocycles. The SMILES string of the molecule is CC(C)CCOc1cccc(C(=O)NNC(=O)c2ccccc2I)c1. The largest absolute Gasteiger partial charge is 0.494 e. The average molecular weight is 452 g/mol. The van der Waals surface area contributed by atoms with Gasteiger partial charge in [-0.05, 0) is 65.3 Å². The Morgan fingerprint density at radius 1 is 1.04 bits per heavy atom. The topological polar surface area (TPSA) is 67.4 Å². The number of carbonyl (C=O) groups is 2. The molecule has 5 nitrogen and oxygen atoms in total. The maximum absolute atomic E-state index is 12.2. The third kappa shape index (κ3) is 6.04. The molecule has 2 rings (SSSR count). The molecular formula is C19H21IN2O3. The monoisotopic (exact) mass is 452 g/mol. The fourth-order valence-corrected chi connectivity index (χ4v) is 2.67. The van der Waals surface area contributed by atoms with Gasteiger partial charge in [-0.3, -0.25) is 20.4 Å². The smallest absolute Gasteiger partial charge is 0.270 e. The predicted octanol–water partition coefficient (Wildman–Crippen LogP) is 3.79. The lowest BCUT2D eigenvalue weighted by Crippen LogP contribution is -2.41. The van der Waals surface area contributed by atoms with Gasteiger partial charge in [0.25, 0.3) is 11.8 Å². The molecule has 0 heterocycles. The fourth-order valence-electron chi connectivity index (χ4n) is 2.04. The van der Waals surface area contributed by atoms with Gasteiger partial charge in [0.2, 0.25) is 0 Å². The fraction of sp³-hybridized carbons (Fsp3) is 0.263. The number of rotatable bonds is 6. The molecule has 0 spiro atoms. The molecule has 2 amide bonds. The molecular weight excluding hydrogens is 431 g/mol. The van der Waals surface area contributed by atoms with Gasteiger partial charge in [0.05, 0.1) is 12.2 Å². The molecule has 0 aliphatic rings. The maximum atomic E-state index is 12.2. The van der Waals surface area contributed by atoms with E-state index in [1.165, 1.54) is 0 Å². The normalized spacial score (nSPS) is 10.4. The van der Waals surface area contributed by atoms with Crippen molar-refractivity contribution in [1.29, 1.82) is 0 Å². The van der Waals surface area contributed by atoms with Crippen LogP contribution >= 0.6 is 22.6 Å². The summed E-state index contributed by atoms with van der Waals surface area (Å²) in [5.41, 5.74) is 5.79. The second-order valence-electron chi connectivity index (χ2n) is 5.95. The molecule has 132 valence electrons. The van der Waals surface area contributed by atoms with Crippen molar-refractivity contribution < 1.29 is 14.3 Å². The van der Waals surface area contributed by atoms with Gasteiger partial charge in [-0.2, -0.15) is 0 Å². The van der Waals surface area contributed by atoms with Crippen molar-refractivity contribution in [1.82, 2.24) is 10.9 Å². The number of ether oxygens (including phenoxy) is 1. The van der Waals surface area contributed by atoms with Crippen molar-refractivity contribution in [2.45, 2.75) is 20.3 Å². The highest BCUT2D eigenvalue weighted by molar-refractivity contribution is 14.1. The first-order valence-corrected chi connectivity index (χ1v) is 9.13. The summed E-state index contributed by atoms with van der Waals surface area (Å²) in [5.74, 6) is 0.441. The highest BCUT2D eigenvalue weighted by atomic mass is 127. The van der Waals surface area contributed by atoms with Crippen molar-refractivity contribution in [2.75, 3.05) is 6.61 Å². The lowest BCUT2D eigenvalue weighted by Gasteiger charge is -2.11. The minimum Gasteiger partial charge on any atom is -0.494 e. The quantitative estimate of drug-likeness (QED) is 0.518. The predicted molar refractivity (Wildman–Crippen MR) is 105 cm³/mol. The molecule has 2 N–H and O–H groups in total. The van der Waals surface area contributed by atoms with Crippen LogP contribution in [-0.2, 0) is 0 Å². The number of amides is 2. The second-order valence-corrected chi connectivity index (χ2v) is 7.11. The third-order valence-electron chi connectivity index (χ3n) is 3.47.